The molecule has 0 aliphatic carbocycles. The molecule has 0 N–H and O–H groups in total. The second-order valence-electron chi connectivity index (χ2n) is 9.99. The van der Waals surface area contributed by atoms with Crippen LogP contribution < -0.4 is 23.7 Å². The lowest BCUT2D eigenvalue weighted by Gasteiger charge is -2.20. The minimum absolute atomic E-state index is 0.00681. The maximum atomic E-state index is 14.5. The molecule has 1 amide bonds. The van der Waals surface area contributed by atoms with Crippen LogP contribution in [0.15, 0.2) is 59.6 Å². The lowest BCUT2D eigenvalue weighted by Crippen LogP contribution is -2.35. The third-order valence-electron chi connectivity index (χ3n) is 7.21. The van der Waals surface area contributed by atoms with Gasteiger partial charge in [0, 0.05) is 24.9 Å². The number of amides is 1. The molecule has 216 valence electrons. The van der Waals surface area contributed by atoms with E-state index in [1.807, 2.05) is 11.1 Å². The largest absolute Gasteiger partial charge is 0.497 e. The van der Waals surface area contributed by atoms with Crippen molar-refractivity contribution in [2.45, 2.75) is 44.6 Å². The van der Waals surface area contributed by atoms with Crippen LogP contribution >= 0.6 is 0 Å². The first-order valence-corrected chi connectivity index (χ1v) is 14.0. The van der Waals surface area contributed by atoms with E-state index in [0.717, 1.165) is 45.1 Å². The van der Waals surface area contributed by atoms with Crippen molar-refractivity contribution in [1.29, 1.82) is 0 Å². The Morgan fingerprint density at radius 3 is 2.29 bits per heavy atom. The maximum absolute atomic E-state index is 14.5. The molecule has 3 aromatic carbocycles. The summed E-state index contributed by atoms with van der Waals surface area (Å²) in [6.45, 7) is 1.76. The average molecular weight is 563 g/mol. The second-order valence-corrected chi connectivity index (χ2v) is 9.99. The van der Waals surface area contributed by atoms with Gasteiger partial charge in [-0.2, -0.15) is 0 Å². The number of aliphatic imine (C=N–C) groups is 1. The van der Waals surface area contributed by atoms with Crippen molar-refractivity contribution >= 4 is 17.8 Å². The summed E-state index contributed by atoms with van der Waals surface area (Å²) >= 11 is 0. The van der Waals surface area contributed by atoms with E-state index < -0.39 is 5.82 Å². The summed E-state index contributed by atoms with van der Waals surface area (Å²) < 4.78 is 42.5. The van der Waals surface area contributed by atoms with Crippen LogP contribution in [0.25, 0.3) is 0 Å². The van der Waals surface area contributed by atoms with Gasteiger partial charge in [-0.1, -0.05) is 0 Å². The quantitative estimate of drug-likeness (QED) is 0.209. The molecule has 0 unspecified atom stereocenters. The Hall–Kier alpha value is -4.27. The Labute approximate surface area is 239 Å². The van der Waals surface area contributed by atoms with Gasteiger partial charge in [0.1, 0.15) is 17.2 Å². The molecule has 1 atom stereocenters. The van der Waals surface area contributed by atoms with Gasteiger partial charge in [0.15, 0.2) is 23.1 Å². The van der Waals surface area contributed by atoms with E-state index in [2.05, 4.69) is 4.99 Å². The third-order valence-corrected chi connectivity index (χ3v) is 7.21. The maximum Gasteiger partial charge on any atom is 0.256 e. The highest BCUT2D eigenvalue weighted by Gasteiger charge is 2.32. The summed E-state index contributed by atoms with van der Waals surface area (Å²) in [6.07, 6.45) is 7.39. The highest BCUT2D eigenvalue weighted by atomic mass is 19.1. The molecule has 0 saturated carbocycles. The zero-order chi connectivity index (χ0) is 28.6. The first-order chi connectivity index (χ1) is 20.1. The number of carbonyl (C=O) groups excluding carboxylic acids is 1. The smallest absolute Gasteiger partial charge is 0.256 e. The van der Waals surface area contributed by atoms with E-state index in [-0.39, 0.29) is 17.7 Å². The van der Waals surface area contributed by atoms with Gasteiger partial charge in [0.25, 0.3) is 5.91 Å². The normalized spacial score (nSPS) is 15.6. The third kappa shape index (κ3) is 6.90. The summed E-state index contributed by atoms with van der Waals surface area (Å²) in [6, 6.07) is 15.1. The second kappa shape index (κ2) is 13.4. The Kier molecular flexibility index (Phi) is 9.23. The van der Waals surface area contributed by atoms with Gasteiger partial charge in [-0.15, -0.1) is 0 Å². The van der Waals surface area contributed by atoms with Crippen LogP contribution in [-0.4, -0.2) is 57.0 Å². The number of hydrogen-bond acceptors (Lipinski definition) is 7. The number of rotatable bonds is 13. The monoisotopic (exact) mass is 562 g/mol. The molecule has 0 bridgehead atoms. The van der Waals surface area contributed by atoms with E-state index in [4.69, 9.17) is 23.7 Å². The predicted octanol–water partition coefficient (Wildman–Crippen LogP) is 6.97. The summed E-state index contributed by atoms with van der Waals surface area (Å²) in [5, 5.41) is 0. The standard InChI is InChI=1S/C32H35FN2O6/c1-37-23-9-11-24(12-10-23)41-29-14-13-25(18-27(29)33)39-16-5-3-4-6-17-40-31-20-28-26(19-30(31)38-2)32(36)35-15-7-8-22(35)21-34-28/h9-14,18-22H,3-8,15-17H2,1-2H3/t22-/m0/s1. The van der Waals surface area contributed by atoms with Gasteiger partial charge < -0.3 is 28.6 Å². The molecule has 1 saturated heterocycles. The molecular formula is C32H35FN2O6. The Morgan fingerprint density at radius 2 is 1.56 bits per heavy atom. The zero-order valence-corrected chi connectivity index (χ0v) is 23.4. The van der Waals surface area contributed by atoms with Gasteiger partial charge in [-0.3, -0.25) is 9.79 Å². The molecule has 8 nitrogen and oxygen atoms in total. The molecule has 0 aromatic heterocycles. The molecule has 5 rings (SSSR count). The fourth-order valence-corrected chi connectivity index (χ4v) is 4.97. The molecule has 3 aromatic rings. The van der Waals surface area contributed by atoms with Gasteiger partial charge in [-0.05, 0) is 81.0 Å². The lowest BCUT2D eigenvalue weighted by atomic mass is 10.1. The number of hydrogen-bond donors (Lipinski definition) is 0. The fraction of sp³-hybridized carbons (Fsp3) is 0.375. The molecule has 41 heavy (non-hydrogen) atoms. The zero-order valence-electron chi connectivity index (χ0n) is 23.4. The van der Waals surface area contributed by atoms with Crippen molar-refractivity contribution in [2.24, 2.45) is 4.99 Å². The van der Waals surface area contributed by atoms with Crippen LogP contribution in [0.2, 0.25) is 0 Å². The van der Waals surface area contributed by atoms with Crippen LogP contribution in [0.1, 0.15) is 48.9 Å². The number of carbonyl (C=O) groups is 1. The number of benzene rings is 3. The van der Waals surface area contributed by atoms with E-state index in [1.165, 1.54) is 6.07 Å². The summed E-state index contributed by atoms with van der Waals surface area (Å²) in [4.78, 5) is 19.5. The summed E-state index contributed by atoms with van der Waals surface area (Å²) in [5.41, 5.74) is 1.17. The molecule has 2 heterocycles. The number of halogens is 1. The van der Waals surface area contributed by atoms with Crippen LogP contribution in [0.4, 0.5) is 10.1 Å². The number of methoxy groups -OCH3 is 2. The molecule has 2 aliphatic heterocycles. The first kappa shape index (κ1) is 28.3. The van der Waals surface area contributed by atoms with Crippen molar-refractivity contribution in [3.8, 4) is 34.5 Å². The minimum atomic E-state index is -0.487. The summed E-state index contributed by atoms with van der Waals surface area (Å²) in [7, 11) is 3.16. The van der Waals surface area contributed by atoms with E-state index in [0.29, 0.717) is 53.2 Å². The molecule has 0 spiro atoms. The van der Waals surface area contributed by atoms with Gasteiger partial charge in [0.05, 0.1) is 44.7 Å². The van der Waals surface area contributed by atoms with Crippen LogP contribution in [-0.2, 0) is 0 Å². The number of nitrogens with zero attached hydrogens (tertiary/aromatic N) is 2. The van der Waals surface area contributed by atoms with Crippen molar-refractivity contribution < 1.29 is 32.9 Å². The van der Waals surface area contributed by atoms with Gasteiger partial charge in [0.2, 0.25) is 0 Å². The van der Waals surface area contributed by atoms with E-state index in [9.17, 15) is 9.18 Å². The van der Waals surface area contributed by atoms with Crippen molar-refractivity contribution in [1.82, 2.24) is 4.90 Å². The van der Waals surface area contributed by atoms with E-state index >= 15 is 0 Å². The molecule has 0 radical (unpaired) electrons. The van der Waals surface area contributed by atoms with Gasteiger partial charge in [-0.25, -0.2) is 4.39 Å². The molecule has 1 fully saturated rings. The summed E-state index contributed by atoms with van der Waals surface area (Å²) in [5.74, 6) is 2.44. The van der Waals surface area contributed by atoms with Crippen molar-refractivity contribution in [3.63, 3.8) is 0 Å². The fourth-order valence-electron chi connectivity index (χ4n) is 4.97. The average Bonchev–Trinajstić information content (AvgIpc) is 3.43. The number of ether oxygens (including phenoxy) is 5. The number of fused-ring (bicyclic) bond motifs is 2. The van der Waals surface area contributed by atoms with E-state index in [1.54, 1.807) is 62.8 Å². The Morgan fingerprint density at radius 1 is 0.829 bits per heavy atom. The van der Waals surface area contributed by atoms with Gasteiger partial charge >= 0.3 is 0 Å². The highest BCUT2D eigenvalue weighted by Crippen LogP contribution is 2.38. The molecule has 9 heteroatoms. The van der Waals surface area contributed by atoms with Crippen molar-refractivity contribution in [3.05, 3.63) is 66.0 Å². The van der Waals surface area contributed by atoms with Crippen LogP contribution in [0, 0.1) is 5.82 Å². The van der Waals surface area contributed by atoms with Crippen LogP contribution in [0.5, 0.6) is 34.5 Å². The Bertz CT molecular complexity index is 1380. The first-order valence-electron chi connectivity index (χ1n) is 14.0. The topological polar surface area (TPSA) is 78.8 Å². The highest BCUT2D eigenvalue weighted by molar-refractivity contribution is 6.03. The molecular weight excluding hydrogens is 527 g/mol. The van der Waals surface area contributed by atoms with Crippen molar-refractivity contribution in [2.75, 3.05) is 34.0 Å². The Balaban J connectivity index is 1.03. The predicted molar refractivity (Wildman–Crippen MR) is 154 cm³/mol. The number of unbranched alkanes of at least 4 members (excludes halogenated alkanes) is 3. The SMILES string of the molecule is COc1ccc(Oc2ccc(OCCCCCCOc3cc4c(cc3OC)C(=O)N3CCC[C@H]3C=N4)cc2F)cc1. The van der Waals surface area contributed by atoms with Crippen LogP contribution in [0.3, 0.4) is 0 Å². The molecule has 2 aliphatic rings. The minimum Gasteiger partial charge on any atom is -0.497 e. The lowest BCUT2D eigenvalue weighted by molar-refractivity contribution is 0.0774.